The molecule has 0 saturated heterocycles. The van der Waals surface area contributed by atoms with Gasteiger partial charge in [0.2, 0.25) is 0 Å². The Morgan fingerprint density at radius 1 is 1.75 bits per heavy atom. The molecule has 1 aromatic heterocycles. The molecule has 2 N–H and O–H groups in total. The van der Waals surface area contributed by atoms with Crippen LogP contribution in [0.5, 0.6) is 0 Å². The predicted molar refractivity (Wildman–Crippen MR) is 51.5 cm³/mol. The van der Waals surface area contributed by atoms with Gasteiger partial charge < -0.3 is 5.73 Å². The maximum atomic E-state index is 11.4. The molecule has 3 heteroatoms. The van der Waals surface area contributed by atoms with Crippen LogP contribution in [-0.2, 0) is 0 Å². The van der Waals surface area contributed by atoms with E-state index in [1.165, 1.54) is 0 Å². The third-order valence-corrected chi connectivity index (χ3v) is 2.50. The van der Waals surface area contributed by atoms with Gasteiger partial charge in [0.25, 0.3) is 0 Å². The van der Waals surface area contributed by atoms with Crippen molar-refractivity contribution in [3.8, 4) is 0 Å². The molecule has 1 unspecified atom stereocenters. The van der Waals surface area contributed by atoms with Crippen molar-refractivity contribution in [3.63, 3.8) is 0 Å². The fraction of sp³-hybridized carbons (Fsp3) is 0.444. The lowest BCUT2D eigenvalue weighted by molar-refractivity contribution is 0.0974. The highest BCUT2D eigenvalue weighted by molar-refractivity contribution is 7.08. The van der Waals surface area contributed by atoms with E-state index in [-0.39, 0.29) is 11.8 Å². The first-order valence-electron chi connectivity index (χ1n) is 4.05. The molecule has 0 amide bonds. The van der Waals surface area contributed by atoms with Crippen molar-refractivity contribution in [3.05, 3.63) is 22.4 Å². The van der Waals surface area contributed by atoms with Crippen LogP contribution in [0.15, 0.2) is 16.8 Å². The van der Waals surface area contributed by atoms with E-state index in [4.69, 9.17) is 5.73 Å². The van der Waals surface area contributed by atoms with Gasteiger partial charge in [0.1, 0.15) is 0 Å². The van der Waals surface area contributed by atoms with Gasteiger partial charge in [-0.2, -0.15) is 11.3 Å². The van der Waals surface area contributed by atoms with Crippen molar-refractivity contribution >= 4 is 17.1 Å². The van der Waals surface area contributed by atoms with Crippen LogP contribution in [0.3, 0.4) is 0 Å². The van der Waals surface area contributed by atoms with Crippen LogP contribution in [0.2, 0.25) is 0 Å². The zero-order valence-corrected chi connectivity index (χ0v) is 7.93. The molecular formula is C9H13NOS. The molecule has 1 aromatic rings. The van der Waals surface area contributed by atoms with Gasteiger partial charge in [-0.25, -0.2) is 0 Å². The number of carbonyl (C=O) groups excluding carboxylic acids is 1. The van der Waals surface area contributed by atoms with Crippen molar-refractivity contribution in [2.45, 2.75) is 25.8 Å². The molecule has 0 aliphatic heterocycles. The van der Waals surface area contributed by atoms with Crippen LogP contribution in [0, 0.1) is 0 Å². The van der Waals surface area contributed by atoms with Gasteiger partial charge in [-0.15, -0.1) is 0 Å². The van der Waals surface area contributed by atoms with Gasteiger partial charge in [0.05, 0.1) is 0 Å². The summed E-state index contributed by atoms with van der Waals surface area (Å²) in [5.74, 6) is 0.158. The van der Waals surface area contributed by atoms with Gasteiger partial charge >= 0.3 is 0 Å². The first-order valence-corrected chi connectivity index (χ1v) is 4.99. The second-order valence-corrected chi connectivity index (χ2v) is 3.59. The van der Waals surface area contributed by atoms with Crippen LogP contribution < -0.4 is 5.73 Å². The van der Waals surface area contributed by atoms with E-state index in [1.807, 2.05) is 23.8 Å². The Hall–Kier alpha value is -0.670. The number of carbonyl (C=O) groups is 1. The monoisotopic (exact) mass is 183 g/mol. The Balaban J connectivity index is 2.50. The van der Waals surface area contributed by atoms with Gasteiger partial charge in [0.15, 0.2) is 5.78 Å². The quantitative estimate of drug-likeness (QED) is 0.726. The number of hydrogen-bond donors (Lipinski definition) is 1. The Bertz CT molecular complexity index is 243. The number of hydrogen-bond acceptors (Lipinski definition) is 3. The van der Waals surface area contributed by atoms with Crippen LogP contribution in [0.4, 0.5) is 0 Å². The summed E-state index contributed by atoms with van der Waals surface area (Å²) in [6.07, 6.45) is 1.32. The van der Waals surface area contributed by atoms with Crippen molar-refractivity contribution in [1.29, 1.82) is 0 Å². The molecule has 2 nitrogen and oxygen atoms in total. The molecule has 1 atom stereocenters. The maximum absolute atomic E-state index is 11.4. The second-order valence-electron chi connectivity index (χ2n) is 2.81. The average Bonchev–Trinajstić information content (AvgIpc) is 2.56. The SMILES string of the molecule is CCC(N)CC(=O)c1ccsc1. The molecule has 0 spiro atoms. The van der Waals surface area contributed by atoms with Crippen LogP contribution >= 0.6 is 11.3 Å². The minimum Gasteiger partial charge on any atom is -0.327 e. The van der Waals surface area contributed by atoms with Crippen molar-refractivity contribution in [1.82, 2.24) is 0 Å². The summed E-state index contributed by atoms with van der Waals surface area (Å²) in [7, 11) is 0. The highest BCUT2D eigenvalue weighted by Crippen LogP contribution is 2.10. The van der Waals surface area contributed by atoms with Crippen LogP contribution in [0.1, 0.15) is 30.1 Å². The van der Waals surface area contributed by atoms with Crippen LogP contribution in [-0.4, -0.2) is 11.8 Å². The zero-order valence-electron chi connectivity index (χ0n) is 7.12. The summed E-state index contributed by atoms with van der Waals surface area (Å²) in [6, 6.07) is 1.85. The Morgan fingerprint density at radius 3 is 3.00 bits per heavy atom. The lowest BCUT2D eigenvalue weighted by Gasteiger charge is -2.05. The third-order valence-electron chi connectivity index (χ3n) is 1.82. The van der Waals surface area contributed by atoms with Crippen molar-refractivity contribution in [2.24, 2.45) is 5.73 Å². The highest BCUT2D eigenvalue weighted by Gasteiger charge is 2.09. The van der Waals surface area contributed by atoms with E-state index >= 15 is 0 Å². The van der Waals surface area contributed by atoms with E-state index in [0.29, 0.717) is 6.42 Å². The van der Waals surface area contributed by atoms with Crippen molar-refractivity contribution in [2.75, 3.05) is 0 Å². The second kappa shape index (κ2) is 4.38. The largest absolute Gasteiger partial charge is 0.327 e. The number of nitrogens with two attached hydrogens (primary N) is 1. The lowest BCUT2D eigenvalue weighted by atomic mass is 10.1. The first-order chi connectivity index (χ1) is 5.74. The summed E-state index contributed by atoms with van der Waals surface area (Å²) < 4.78 is 0. The summed E-state index contributed by atoms with van der Waals surface area (Å²) in [6.45, 7) is 1.99. The molecule has 0 aromatic carbocycles. The molecule has 1 rings (SSSR count). The minimum absolute atomic E-state index is 0.0115. The molecule has 0 aliphatic rings. The number of ketones is 1. The molecule has 0 bridgehead atoms. The zero-order chi connectivity index (χ0) is 8.97. The number of Topliss-reactive ketones (excluding diaryl/α,β-unsaturated/α-hetero) is 1. The Labute approximate surface area is 76.4 Å². The standard InChI is InChI=1S/C9H13NOS/c1-2-8(10)5-9(11)7-3-4-12-6-7/h3-4,6,8H,2,5,10H2,1H3. The fourth-order valence-electron chi connectivity index (χ4n) is 0.923. The maximum Gasteiger partial charge on any atom is 0.165 e. The normalized spacial score (nSPS) is 12.8. The van der Waals surface area contributed by atoms with E-state index < -0.39 is 0 Å². The van der Waals surface area contributed by atoms with Gasteiger partial charge in [0, 0.05) is 23.4 Å². The highest BCUT2D eigenvalue weighted by atomic mass is 32.1. The Morgan fingerprint density at radius 2 is 2.50 bits per heavy atom. The topological polar surface area (TPSA) is 43.1 Å². The molecule has 12 heavy (non-hydrogen) atoms. The average molecular weight is 183 g/mol. The number of thiophene rings is 1. The lowest BCUT2D eigenvalue weighted by Crippen LogP contribution is -2.22. The molecule has 66 valence electrons. The molecule has 0 saturated carbocycles. The fourth-order valence-corrected chi connectivity index (χ4v) is 1.58. The summed E-state index contributed by atoms with van der Waals surface area (Å²) in [5.41, 5.74) is 6.46. The van der Waals surface area contributed by atoms with Crippen molar-refractivity contribution < 1.29 is 4.79 Å². The molecule has 1 heterocycles. The van der Waals surface area contributed by atoms with E-state index in [2.05, 4.69) is 0 Å². The number of rotatable bonds is 4. The smallest absolute Gasteiger partial charge is 0.165 e. The first kappa shape index (κ1) is 9.42. The van der Waals surface area contributed by atoms with Gasteiger partial charge in [-0.05, 0) is 17.9 Å². The minimum atomic E-state index is 0.0115. The van der Waals surface area contributed by atoms with Gasteiger partial charge in [-0.3, -0.25) is 4.79 Å². The predicted octanol–water partition coefficient (Wildman–Crippen LogP) is 2.06. The van der Waals surface area contributed by atoms with Crippen LogP contribution in [0.25, 0.3) is 0 Å². The summed E-state index contributed by atoms with van der Waals surface area (Å²) in [4.78, 5) is 11.4. The molecule has 0 fully saturated rings. The Kier molecular flexibility index (Phi) is 3.44. The third kappa shape index (κ3) is 2.43. The van der Waals surface area contributed by atoms with E-state index in [1.54, 1.807) is 11.3 Å². The van der Waals surface area contributed by atoms with Gasteiger partial charge in [-0.1, -0.05) is 6.92 Å². The summed E-state index contributed by atoms with van der Waals surface area (Å²) in [5, 5.41) is 3.77. The van der Waals surface area contributed by atoms with E-state index in [0.717, 1.165) is 12.0 Å². The molecular weight excluding hydrogens is 170 g/mol. The molecule has 0 aliphatic carbocycles. The molecule has 0 radical (unpaired) electrons. The van der Waals surface area contributed by atoms with E-state index in [9.17, 15) is 4.79 Å². The summed E-state index contributed by atoms with van der Waals surface area (Å²) >= 11 is 1.54.